The van der Waals surface area contributed by atoms with Gasteiger partial charge in [0.2, 0.25) is 0 Å². The fourth-order valence-electron chi connectivity index (χ4n) is 3.41. The third-order valence-electron chi connectivity index (χ3n) is 4.79. The highest BCUT2D eigenvalue weighted by Crippen LogP contribution is 2.25. The Morgan fingerprint density at radius 3 is 2.88 bits per heavy atom. The number of methoxy groups -OCH3 is 1. The molecule has 6 nitrogen and oxygen atoms in total. The van der Waals surface area contributed by atoms with Gasteiger partial charge in [0.25, 0.3) is 0 Å². The number of aliphatic hydroxyl groups is 1. The van der Waals surface area contributed by atoms with Crippen LogP contribution in [0.15, 0.2) is 30.6 Å². The van der Waals surface area contributed by atoms with Crippen LogP contribution in [0.2, 0.25) is 0 Å². The van der Waals surface area contributed by atoms with E-state index < -0.39 is 12.1 Å². The minimum atomic E-state index is -1.04. The molecule has 1 N–H and O–H groups in total. The Labute approximate surface area is 140 Å². The van der Waals surface area contributed by atoms with E-state index in [4.69, 9.17) is 0 Å². The van der Waals surface area contributed by atoms with E-state index in [-0.39, 0.29) is 5.92 Å². The van der Waals surface area contributed by atoms with Gasteiger partial charge in [0.1, 0.15) is 6.07 Å². The zero-order valence-corrected chi connectivity index (χ0v) is 13.7. The number of esters is 1. The standard InChI is InChI=1S/C18H21N3O3/c1-24-18(23)17(22)13-5-8-20(9-6-13)11-14-12-21-7-3-2-4-16(21)15(14)10-19/h2-4,7,12-13,17,22H,5-6,8-9,11H2,1H3/t17-/m0/s1. The van der Waals surface area contributed by atoms with Gasteiger partial charge in [-0.1, -0.05) is 6.07 Å². The number of carbonyl (C=O) groups is 1. The molecule has 0 unspecified atom stereocenters. The zero-order valence-electron chi connectivity index (χ0n) is 13.7. The van der Waals surface area contributed by atoms with E-state index in [0.717, 1.165) is 37.0 Å². The van der Waals surface area contributed by atoms with Crippen LogP contribution in [0.25, 0.3) is 5.52 Å². The molecule has 0 saturated carbocycles. The van der Waals surface area contributed by atoms with Crippen molar-refractivity contribution in [1.29, 1.82) is 5.26 Å². The topological polar surface area (TPSA) is 78.0 Å². The van der Waals surface area contributed by atoms with Gasteiger partial charge in [0, 0.05) is 24.5 Å². The van der Waals surface area contributed by atoms with E-state index in [1.165, 1.54) is 7.11 Å². The van der Waals surface area contributed by atoms with E-state index in [9.17, 15) is 15.2 Å². The maximum Gasteiger partial charge on any atom is 0.334 e. The van der Waals surface area contributed by atoms with Crippen LogP contribution >= 0.6 is 0 Å². The molecule has 2 aromatic rings. The highest BCUT2D eigenvalue weighted by molar-refractivity contribution is 5.74. The van der Waals surface area contributed by atoms with Gasteiger partial charge < -0.3 is 14.2 Å². The third kappa shape index (κ3) is 3.14. The van der Waals surface area contributed by atoms with Crippen LogP contribution in [0.1, 0.15) is 24.0 Å². The Balaban J connectivity index is 1.67. The summed E-state index contributed by atoms with van der Waals surface area (Å²) in [6.07, 6.45) is 4.39. The second-order valence-corrected chi connectivity index (χ2v) is 6.22. The van der Waals surface area contributed by atoms with Crippen LogP contribution < -0.4 is 0 Å². The quantitative estimate of drug-likeness (QED) is 0.862. The SMILES string of the molecule is COC(=O)[C@@H](O)C1CCN(Cc2cn3ccccc3c2C#N)CC1. The molecule has 0 aromatic carbocycles. The summed E-state index contributed by atoms with van der Waals surface area (Å²) in [4.78, 5) is 13.7. The van der Waals surface area contributed by atoms with Crippen LogP contribution in [-0.4, -0.2) is 46.7 Å². The van der Waals surface area contributed by atoms with Gasteiger partial charge in [-0.2, -0.15) is 5.26 Å². The van der Waals surface area contributed by atoms with Gasteiger partial charge >= 0.3 is 5.97 Å². The molecule has 0 radical (unpaired) electrons. The lowest BCUT2D eigenvalue weighted by Crippen LogP contribution is -2.40. The zero-order chi connectivity index (χ0) is 17.1. The van der Waals surface area contributed by atoms with Gasteiger partial charge in [-0.3, -0.25) is 4.90 Å². The first-order valence-corrected chi connectivity index (χ1v) is 8.11. The van der Waals surface area contributed by atoms with Gasteiger partial charge in [0.05, 0.1) is 18.2 Å². The van der Waals surface area contributed by atoms with Crippen molar-refractivity contribution < 1.29 is 14.6 Å². The lowest BCUT2D eigenvalue weighted by Gasteiger charge is -2.33. The average molecular weight is 327 g/mol. The molecule has 0 bridgehead atoms. The summed E-state index contributed by atoms with van der Waals surface area (Å²) >= 11 is 0. The number of rotatable bonds is 4. The number of carbonyl (C=O) groups excluding carboxylic acids is 1. The molecule has 1 fully saturated rings. The van der Waals surface area contributed by atoms with E-state index >= 15 is 0 Å². The molecule has 1 saturated heterocycles. The van der Waals surface area contributed by atoms with Crippen LogP contribution in [0.3, 0.4) is 0 Å². The number of piperidine rings is 1. The molecule has 1 atom stereocenters. The summed E-state index contributed by atoms with van der Waals surface area (Å²) in [7, 11) is 1.29. The summed E-state index contributed by atoms with van der Waals surface area (Å²) < 4.78 is 6.58. The summed E-state index contributed by atoms with van der Waals surface area (Å²) in [6.45, 7) is 2.27. The monoisotopic (exact) mass is 327 g/mol. The van der Waals surface area contributed by atoms with Crippen LogP contribution in [0, 0.1) is 17.2 Å². The fourth-order valence-corrected chi connectivity index (χ4v) is 3.41. The summed E-state index contributed by atoms with van der Waals surface area (Å²) in [5, 5.41) is 19.4. The second-order valence-electron chi connectivity index (χ2n) is 6.22. The predicted octanol–water partition coefficient (Wildman–Crippen LogP) is 1.56. The van der Waals surface area contributed by atoms with Crippen molar-refractivity contribution >= 4 is 11.5 Å². The van der Waals surface area contributed by atoms with Crippen LogP contribution in [-0.2, 0) is 16.1 Å². The van der Waals surface area contributed by atoms with Crippen molar-refractivity contribution in [3.05, 3.63) is 41.7 Å². The van der Waals surface area contributed by atoms with Crippen molar-refractivity contribution in [2.24, 2.45) is 5.92 Å². The summed E-state index contributed by atoms with van der Waals surface area (Å²) in [5.41, 5.74) is 2.65. The number of aromatic nitrogens is 1. The Kier molecular flexibility index (Phi) is 4.84. The van der Waals surface area contributed by atoms with Crippen LogP contribution in [0.4, 0.5) is 0 Å². The average Bonchev–Trinajstić information content (AvgIpc) is 2.98. The number of ether oxygens (including phenoxy) is 1. The number of hydrogen-bond acceptors (Lipinski definition) is 5. The number of aliphatic hydroxyl groups excluding tert-OH is 1. The highest BCUT2D eigenvalue weighted by Gasteiger charge is 2.30. The van der Waals surface area contributed by atoms with Crippen molar-refractivity contribution in [2.75, 3.05) is 20.2 Å². The molecule has 0 spiro atoms. The maximum atomic E-state index is 11.4. The van der Waals surface area contributed by atoms with Gasteiger partial charge in [-0.25, -0.2) is 4.79 Å². The number of hydrogen-bond donors (Lipinski definition) is 1. The molecule has 126 valence electrons. The predicted molar refractivity (Wildman–Crippen MR) is 88.1 cm³/mol. The molecule has 24 heavy (non-hydrogen) atoms. The van der Waals surface area contributed by atoms with Crippen molar-refractivity contribution in [3.8, 4) is 6.07 Å². The van der Waals surface area contributed by atoms with Crippen LogP contribution in [0.5, 0.6) is 0 Å². The minimum Gasteiger partial charge on any atom is -0.467 e. The summed E-state index contributed by atoms with van der Waals surface area (Å²) in [5.74, 6) is -0.615. The number of nitriles is 1. The number of pyridine rings is 1. The summed E-state index contributed by atoms with van der Waals surface area (Å²) in [6, 6.07) is 8.13. The van der Waals surface area contributed by atoms with Crippen molar-refractivity contribution in [3.63, 3.8) is 0 Å². The lowest BCUT2D eigenvalue weighted by atomic mass is 9.91. The molecule has 3 heterocycles. The first-order chi connectivity index (χ1) is 11.6. The number of nitrogens with zero attached hydrogens (tertiary/aromatic N) is 3. The molecular formula is C18H21N3O3. The molecule has 0 amide bonds. The Bertz CT molecular complexity index is 769. The maximum absolute atomic E-state index is 11.4. The Hall–Kier alpha value is -2.36. The lowest BCUT2D eigenvalue weighted by molar-refractivity contribution is -0.154. The third-order valence-corrected chi connectivity index (χ3v) is 4.79. The molecule has 1 aliphatic heterocycles. The van der Waals surface area contributed by atoms with Gasteiger partial charge in [0.15, 0.2) is 6.10 Å². The van der Waals surface area contributed by atoms with Gasteiger partial charge in [-0.05, 0) is 44.0 Å². The number of fused-ring (bicyclic) bond motifs is 1. The van der Waals surface area contributed by atoms with Crippen molar-refractivity contribution in [2.45, 2.75) is 25.5 Å². The first kappa shape index (κ1) is 16.5. The Morgan fingerprint density at radius 2 is 2.21 bits per heavy atom. The smallest absolute Gasteiger partial charge is 0.334 e. The second kappa shape index (κ2) is 7.04. The van der Waals surface area contributed by atoms with E-state index in [2.05, 4.69) is 15.7 Å². The molecule has 2 aromatic heterocycles. The molecule has 0 aliphatic carbocycles. The Morgan fingerprint density at radius 1 is 1.46 bits per heavy atom. The minimum absolute atomic E-state index is 0.0581. The molecule has 1 aliphatic rings. The molecule has 6 heteroatoms. The van der Waals surface area contributed by atoms with Gasteiger partial charge in [-0.15, -0.1) is 0 Å². The van der Waals surface area contributed by atoms with E-state index in [1.54, 1.807) is 0 Å². The highest BCUT2D eigenvalue weighted by atomic mass is 16.5. The van der Waals surface area contributed by atoms with Crippen molar-refractivity contribution in [1.82, 2.24) is 9.30 Å². The van der Waals surface area contributed by atoms with E-state index in [1.807, 2.05) is 35.0 Å². The molecular weight excluding hydrogens is 306 g/mol. The normalized spacial score (nSPS) is 17.5. The largest absolute Gasteiger partial charge is 0.467 e. The molecule has 3 rings (SSSR count). The van der Waals surface area contributed by atoms with E-state index in [0.29, 0.717) is 12.1 Å². The fraction of sp³-hybridized carbons (Fsp3) is 0.444. The number of likely N-dealkylation sites (tertiary alicyclic amines) is 1. The first-order valence-electron chi connectivity index (χ1n) is 8.11.